The molecule has 0 saturated heterocycles. The van der Waals surface area contributed by atoms with E-state index < -0.39 is 5.60 Å². The van der Waals surface area contributed by atoms with Crippen molar-refractivity contribution in [1.29, 1.82) is 0 Å². The summed E-state index contributed by atoms with van der Waals surface area (Å²) in [6.07, 6.45) is 7.60. The summed E-state index contributed by atoms with van der Waals surface area (Å²) in [5.74, 6) is 7.37. The molecule has 0 spiro atoms. The van der Waals surface area contributed by atoms with Crippen molar-refractivity contribution >= 4 is 0 Å². The number of hydrogen-bond donors (Lipinski definition) is 4. The zero-order valence-electron chi connectivity index (χ0n) is 30.9. The predicted molar refractivity (Wildman–Crippen MR) is 203 cm³/mol. The summed E-state index contributed by atoms with van der Waals surface area (Å²) in [4.78, 5) is 0. The lowest BCUT2D eigenvalue weighted by atomic mass is 9.70. The molecule has 1 aliphatic carbocycles. The molecule has 0 radical (unpaired) electrons. The van der Waals surface area contributed by atoms with Crippen molar-refractivity contribution in [3.05, 3.63) is 123 Å². The number of hydrogen-bond acceptors (Lipinski definition) is 4. The van der Waals surface area contributed by atoms with Crippen LogP contribution in [0.4, 0.5) is 0 Å². The first-order valence-electron chi connectivity index (χ1n) is 18.0. The Balaban J connectivity index is 0.000000230. The Morgan fingerprint density at radius 1 is 0.531 bits per heavy atom. The Morgan fingerprint density at radius 3 is 1.16 bits per heavy atom. The van der Waals surface area contributed by atoms with Crippen molar-refractivity contribution in [3.8, 4) is 29.1 Å². The topological polar surface area (TPSA) is 80.9 Å². The van der Waals surface area contributed by atoms with Crippen LogP contribution in [-0.4, -0.2) is 26.0 Å². The standard InChI is InChI=1S/C26H32O2.C19H24O2/c1-5-26(6-2,23-11-12-24(27)20(4)18-23)22-10-9-21(19(3)17-22)13-16-25(28)14-7-8-15-25;1-5-19(6-2,15-7-9-17(20)13(3)11-15)16-8-10-18(21)14(4)12-16/h9-12,17-18,27-28H,5-8,14-15H2,1-4H3;7-12,20-21H,5-6H2,1-4H3. The van der Waals surface area contributed by atoms with Gasteiger partial charge in [-0.3, -0.25) is 0 Å². The Kier molecular flexibility index (Phi) is 11.9. The lowest BCUT2D eigenvalue weighted by Crippen LogP contribution is -2.26. The molecular weight excluding hydrogens is 604 g/mol. The maximum atomic E-state index is 10.5. The van der Waals surface area contributed by atoms with Gasteiger partial charge in [-0.1, -0.05) is 88.1 Å². The highest BCUT2D eigenvalue weighted by atomic mass is 16.3. The normalized spacial score (nSPS) is 14.1. The first-order valence-corrected chi connectivity index (χ1v) is 18.0. The molecule has 260 valence electrons. The predicted octanol–water partition coefficient (Wildman–Crippen LogP) is 10.6. The van der Waals surface area contributed by atoms with Crippen molar-refractivity contribution in [1.82, 2.24) is 0 Å². The van der Waals surface area contributed by atoms with Crippen LogP contribution < -0.4 is 0 Å². The minimum atomic E-state index is -0.800. The molecule has 1 fully saturated rings. The molecule has 4 N–H and O–H groups in total. The largest absolute Gasteiger partial charge is 0.508 e. The quantitative estimate of drug-likeness (QED) is 0.142. The number of phenolic OH excluding ortho intramolecular Hbond substituents is 3. The van der Waals surface area contributed by atoms with Crippen LogP contribution >= 0.6 is 0 Å². The smallest absolute Gasteiger partial charge is 0.125 e. The molecule has 4 aromatic carbocycles. The van der Waals surface area contributed by atoms with Crippen LogP contribution in [-0.2, 0) is 10.8 Å². The van der Waals surface area contributed by atoms with Gasteiger partial charge < -0.3 is 20.4 Å². The molecule has 5 rings (SSSR count). The highest BCUT2D eigenvalue weighted by Gasteiger charge is 2.33. The first-order chi connectivity index (χ1) is 23.3. The summed E-state index contributed by atoms with van der Waals surface area (Å²) in [6.45, 7) is 16.7. The number of aliphatic hydroxyl groups is 1. The van der Waals surface area contributed by atoms with Gasteiger partial charge in [-0.25, -0.2) is 0 Å². The van der Waals surface area contributed by atoms with Gasteiger partial charge in [-0.2, -0.15) is 0 Å². The molecule has 0 unspecified atom stereocenters. The third-order valence-corrected chi connectivity index (χ3v) is 11.3. The molecule has 0 atom stereocenters. The van der Waals surface area contributed by atoms with Gasteiger partial charge in [-0.05, 0) is 148 Å². The number of aryl methyl sites for hydroxylation is 4. The van der Waals surface area contributed by atoms with Crippen LogP contribution in [0.3, 0.4) is 0 Å². The van der Waals surface area contributed by atoms with E-state index in [9.17, 15) is 20.4 Å². The number of benzene rings is 4. The highest BCUT2D eigenvalue weighted by Crippen LogP contribution is 2.42. The van der Waals surface area contributed by atoms with E-state index in [0.29, 0.717) is 17.2 Å². The number of aromatic hydroxyl groups is 3. The summed E-state index contributed by atoms with van der Waals surface area (Å²) in [5.41, 5.74) is 8.83. The van der Waals surface area contributed by atoms with E-state index in [0.717, 1.165) is 79.2 Å². The minimum Gasteiger partial charge on any atom is -0.508 e. The summed E-state index contributed by atoms with van der Waals surface area (Å²) >= 11 is 0. The SMILES string of the molecule is CCC(CC)(c1ccc(O)c(C)c1)c1ccc(C#CC2(O)CCCC2)c(C)c1.CCC(CC)(c1ccc(O)c(C)c1)c1ccc(O)c(C)c1. The van der Waals surface area contributed by atoms with Crippen molar-refractivity contribution in [2.24, 2.45) is 0 Å². The number of rotatable bonds is 8. The second-order valence-corrected chi connectivity index (χ2v) is 14.1. The van der Waals surface area contributed by atoms with Gasteiger partial charge in [0, 0.05) is 16.4 Å². The zero-order valence-corrected chi connectivity index (χ0v) is 30.9. The van der Waals surface area contributed by atoms with Crippen LogP contribution in [0.2, 0.25) is 0 Å². The van der Waals surface area contributed by atoms with E-state index in [-0.39, 0.29) is 10.8 Å². The van der Waals surface area contributed by atoms with Crippen LogP contribution in [0, 0.1) is 39.5 Å². The lowest BCUT2D eigenvalue weighted by Gasteiger charge is -2.34. The third kappa shape index (κ3) is 7.84. The Bertz CT molecular complexity index is 1750. The fourth-order valence-electron chi connectivity index (χ4n) is 7.70. The summed E-state index contributed by atoms with van der Waals surface area (Å²) in [5, 5.41) is 40.0. The van der Waals surface area contributed by atoms with Gasteiger partial charge in [0.25, 0.3) is 0 Å². The molecule has 0 aliphatic heterocycles. The van der Waals surface area contributed by atoms with Crippen molar-refractivity contribution < 1.29 is 20.4 Å². The molecule has 4 aromatic rings. The first kappa shape index (κ1) is 37.6. The van der Waals surface area contributed by atoms with Gasteiger partial charge in [0.15, 0.2) is 0 Å². The summed E-state index contributed by atoms with van der Waals surface area (Å²) in [7, 11) is 0. The second kappa shape index (κ2) is 15.6. The fourth-order valence-corrected chi connectivity index (χ4v) is 7.70. The Labute approximate surface area is 294 Å². The van der Waals surface area contributed by atoms with E-state index in [1.54, 1.807) is 18.2 Å². The van der Waals surface area contributed by atoms with E-state index in [2.05, 4.69) is 82.9 Å². The van der Waals surface area contributed by atoms with E-state index in [1.807, 2.05) is 39.0 Å². The monoisotopic (exact) mass is 660 g/mol. The summed E-state index contributed by atoms with van der Waals surface area (Å²) in [6, 6.07) is 24.2. The minimum absolute atomic E-state index is 0.0845. The van der Waals surface area contributed by atoms with Crippen LogP contribution in [0.1, 0.15) is 129 Å². The molecular formula is C45H56O4. The molecule has 0 amide bonds. The van der Waals surface area contributed by atoms with Crippen LogP contribution in [0.15, 0.2) is 72.8 Å². The second-order valence-electron chi connectivity index (χ2n) is 14.1. The Hall–Kier alpha value is -4.20. The molecule has 4 nitrogen and oxygen atoms in total. The molecule has 0 aromatic heterocycles. The van der Waals surface area contributed by atoms with Gasteiger partial charge in [0.1, 0.15) is 22.8 Å². The van der Waals surface area contributed by atoms with Gasteiger partial charge in [-0.15, -0.1) is 0 Å². The van der Waals surface area contributed by atoms with Crippen molar-refractivity contribution in [2.45, 2.75) is 123 Å². The molecule has 1 saturated carbocycles. The maximum Gasteiger partial charge on any atom is 0.125 e. The lowest BCUT2D eigenvalue weighted by molar-refractivity contribution is 0.110. The highest BCUT2D eigenvalue weighted by molar-refractivity contribution is 5.51. The van der Waals surface area contributed by atoms with Gasteiger partial charge in [0.2, 0.25) is 0 Å². The molecule has 0 heterocycles. The summed E-state index contributed by atoms with van der Waals surface area (Å²) < 4.78 is 0. The van der Waals surface area contributed by atoms with Gasteiger partial charge in [0.05, 0.1) is 0 Å². The molecule has 0 bridgehead atoms. The molecule has 49 heavy (non-hydrogen) atoms. The maximum absolute atomic E-state index is 10.5. The molecule has 4 heteroatoms. The Morgan fingerprint density at radius 2 is 0.857 bits per heavy atom. The average molecular weight is 661 g/mol. The molecule has 1 aliphatic rings. The van der Waals surface area contributed by atoms with Crippen LogP contribution in [0.5, 0.6) is 17.2 Å². The number of phenols is 3. The fraction of sp³-hybridized carbons (Fsp3) is 0.422. The van der Waals surface area contributed by atoms with E-state index in [1.165, 1.54) is 22.3 Å². The van der Waals surface area contributed by atoms with Gasteiger partial charge >= 0.3 is 0 Å². The van der Waals surface area contributed by atoms with E-state index in [4.69, 9.17) is 0 Å². The van der Waals surface area contributed by atoms with Crippen LogP contribution in [0.25, 0.3) is 0 Å². The third-order valence-electron chi connectivity index (χ3n) is 11.3. The van der Waals surface area contributed by atoms with Crippen molar-refractivity contribution in [2.75, 3.05) is 0 Å². The van der Waals surface area contributed by atoms with E-state index >= 15 is 0 Å². The van der Waals surface area contributed by atoms with Crippen molar-refractivity contribution in [3.63, 3.8) is 0 Å². The average Bonchev–Trinajstić information content (AvgIpc) is 3.53. The zero-order chi connectivity index (χ0) is 36.0.